The van der Waals surface area contributed by atoms with Crippen LogP contribution in [0.1, 0.15) is 5.82 Å². The third-order valence-corrected chi connectivity index (χ3v) is 3.49. The van der Waals surface area contributed by atoms with Gasteiger partial charge in [0.15, 0.2) is 11.6 Å². The van der Waals surface area contributed by atoms with Gasteiger partial charge in [0.1, 0.15) is 17.5 Å². The molecule has 124 valence electrons. The second kappa shape index (κ2) is 6.81. The third kappa shape index (κ3) is 3.01. The third-order valence-electron chi connectivity index (χ3n) is 3.29. The molecule has 0 aliphatic rings. The summed E-state index contributed by atoms with van der Waals surface area (Å²) in [5, 5.41) is 18.1. The Kier molecular flexibility index (Phi) is 4.59. The number of aromatic hydroxyl groups is 1. The van der Waals surface area contributed by atoms with Crippen molar-refractivity contribution < 1.29 is 14.6 Å². The first-order chi connectivity index (χ1) is 11.6. The molecule has 0 aliphatic heterocycles. The van der Waals surface area contributed by atoms with Crippen LogP contribution in [0.4, 0.5) is 0 Å². The summed E-state index contributed by atoms with van der Waals surface area (Å²) in [6.45, 7) is 0.247. The van der Waals surface area contributed by atoms with Gasteiger partial charge in [-0.25, -0.2) is 9.97 Å². The first-order valence-corrected chi connectivity index (χ1v) is 7.30. The Morgan fingerprint density at radius 2 is 2.00 bits per heavy atom. The van der Waals surface area contributed by atoms with Crippen LogP contribution in [0.3, 0.4) is 0 Å². The second-order valence-corrected chi connectivity index (χ2v) is 5.18. The average molecular weight is 348 g/mol. The molecule has 0 saturated heterocycles. The molecule has 0 unspecified atom stereocenters. The summed E-state index contributed by atoms with van der Waals surface area (Å²) in [6.07, 6.45) is 3.07. The zero-order valence-corrected chi connectivity index (χ0v) is 13.7. The molecule has 0 saturated carbocycles. The monoisotopic (exact) mass is 347 g/mol. The van der Waals surface area contributed by atoms with Crippen molar-refractivity contribution in [3.63, 3.8) is 0 Å². The van der Waals surface area contributed by atoms with Crippen LogP contribution in [-0.4, -0.2) is 44.1 Å². The lowest BCUT2D eigenvalue weighted by Gasteiger charge is -2.12. The first kappa shape index (κ1) is 16.2. The van der Waals surface area contributed by atoms with Crippen molar-refractivity contribution in [3.8, 4) is 28.7 Å². The summed E-state index contributed by atoms with van der Waals surface area (Å²) in [5.74, 6) is 1.50. The lowest BCUT2D eigenvalue weighted by atomic mass is 10.2. The number of rotatable bonds is 5. The number of ether oxygens (including phenoxy) is 2. The molecule has 0 fully saturated rings. The van der Waals surface area contributed by atoms with Crippen LogP contribution in [-0.2, 0) is 11.3 Å². The van der Waals surface area contributed by atoms with Gasteiger partial charge in [-0.1, -0.05) is 11.6 Å². The lowest BCUT2D eigenvalue weighted by Crippen LogP contribution is -2.05. The minimum absolute atomic E-state index is 0.0765. The zero-order chi connectivity index (χ0) is 17.1. The largest absolute Gasteiger partial charge is 0.496 e. The van der Waals surface area contributed by atoms with Crippen molar-refractivity contribution in [2.75, 3.05) is 14.2 Å². The normalized spacial score (nSPS) is 10.8. The zero-order valence-electron chi connectivity index (χ0n) is 13.0. The van der Waals surface area contributed by atoms with Gasteiger partial charge in [0.05, 0.1) is 24.6 Å². The van der Waals surface area contributed by atoms with Gasteiger partial charge >= 0.3 is 0 Å². The van der Waals surface area contributed by atoms with Gasteiger partial charge < -0.3 is 14.6 Å². The number of hydrogen-bond acceptors (Lipinski definition) is 7. The highest BCUT2D eigenvalue weighted by Gasteiger charge is 2.19. The quantitative estimate of drug-likeness (QED) is 0.707. The molecule has 3 rings (SSSR count). The van der Waals surface area contributed by atoms with Gasteiger partial charge in [-0.2, -0.15) is 0 Å². The molecular formula is C15H14ClN5O3. The minimum Gasteiger partial charge on any atom is -0.496 e. The molecule has 0 aromatic carbocycles. The lowest BCUT2D eigenvalue weighted by molar-refractivity contribution is 0.176. The van der Waals surface area contributed by atoms with Crippen LogP contribution >= 0.6 is 11.6 Å². The predicted molar refractivity (Wildman–Crippen MR) is 86.3 cm³/mol. The predicted octanol–water partition coefficient (Wildman–Crippen LogP) is 2.24. The van der Waals surface area contributed by atoms with E-state index in [0.717, 1.165) is 0 Å². The standard InChI is InChI=1S/C15H14ClN5O3/c1-23-8-13-19-20-15(10-7-17-12(16)5-11(10)24-2)21(13)9-3-4-14(22)18-6-9/h3-7H,8H2,1-2H3,(H,18,22). The molecule has 3 heterocycles. The van der Waals surface area contributed by atoms with E-state index in [4.69, 9.17) is 21.1 Å². The summed E-state index contributed by atoms with van der Waals surface area (Å²) in [7, 11) is 3.10. The van der Waals surface area contributed by atoms with E-state index in [2.05, 4.69) is 20.2 Å². The maximum Gasteiger partial charge on any atom is 0.210 e. The van der Waals surface area contributed by atoms with E-state index in [1.807, 2.05) is 0 Å². The molecule has 3 aromatic heterocycles. The molecule has 0 radical (unpaired) electrons. The van der Waals surface area contributed by atoms with E-state index < -0.39 is 0 Å². The summed E-state index contributed by atoms with van der Waals surface area (Å²) >= 11 is 5.92. The van der Waals surface area contributed by atoms with E-state index in [1.54, 1.807) is 30.0 Å². The van der Waals surface area contributed by atoms with Crippen molar-refractivity contribution in [2.45, 2.75) is 6.61 Å². The van der Waals surface area contributed by atoms with E-state index in [-0.39, 0.29) is 12.5 Å². The second-order valence-electron chi connectivity index (χ2n) is 4.79. The highest BCUT2D eigenvalue weighted by Crippen LogP contribution is 2.32. The van der Waals surface area contributed by atoms with Crippen LogP contribution in [0.5, 0.6) is 11.6 Å². The van der Waals surface area contributed by atoms with Crippen LogP contribution in [0.15, 0.2) is 30.6 Å². The fourth-order valence-electron chi connectivity index (χ4n) is 2.25. The molecule has 0 aliphatic carbocycles. The molecule has 0 spiro atoms. The van der Waals surface area contributed by atoms with Gasteiger partial charge in [-0.05, 0) is 6.07 Å². The summed E-state index contributed by atoms with van der Waals surface area (Å²) in [6, 6.07) is 4.78. The van der Waals surface area contributed by atoms with E-state index in [1.165, 1.54) is 19.4 Å². The Bertz CT molecular complexity index is 851. The minimum atomic E-state index is -0.0765. The highest BCUT2D eigenvalue weighted by molar-refractivity contribution is 6.29. The number of pyridine rings is 2. The van der Waals surface area contributed by atoms with E-state index in [9.17, 15) is 5.11 Å². The summed E-state index contributed by atoms with van der Waals surface area (Å²) in [5.41, 5.74) is 1.28. The van der Waals surface area contributed by atoms with Crippen molar-refractivity contribution in [1.29, 1.82) is 0 Å². The number of methoxy groups -OCH3 is 2. The SMILES string of the molecule is COCc1nnc(-c2cnc(Cl)cc2OC)n1-c1ccc(O)nc1. The molecular weight excluding hydrogens is 334 g/mol. The van der Waals surface area contributed by atoms with Gasteiger partial charge in [0.2, 0.25) is 5.88 Å². The first-order valence-electron chi connectivity index (χ1n) is 6.92. The molecule has 8 nitrogen and oxygen atoms in total. The number of hydrogen-bond donors (Lipinski definition) is 1. The Morgan fingerprint density at radius 3 is 2.67 bits per heavy atom. The smallest absolute Gasteiger partial charge is 0.210 e. The van der Waals surface area contributed by atoms with Crippen molar-refractivity contribution >= 4 is 11.6 Å². The maximum absolute atomic E-state index is 9.40. The fraction of sp³-hybridized carbons (Fsp3) is 0.200. The van der Waals surface area contributed by atoms with Gasteiger partial charge in [0, 0.05) is 25.4 Å². The van der Waals surface area contributed by atoms with Crippen LogP contribution in [0, 0.1) is 0 Å². The topological polar surface area (TPSA) is 95.2 Å². The Labute approximate surface area is 142 Å². The van der Waals surface area contributed by atoms with Crippen LogP contribution < -0.4 is 4.74 Å². The molecule has 0 atom stereocenters. The molecule has 1 N–H and O–H groups in total. The fourth-order valence-corrected chi connectivity index (χ4v) is 2.39. The summed E-state index contributed by atoms with van der Waals surface area (Å²) < 4.78 is 12.3. The van der Waals surface area contributed by atoms with Crippen molar-refractivity contribution in [1.82, 2.24) is 24.7 Å². The van der Waals surface area contributed by atoms with Gasteiger partial charge in [-0.3, -0.25) is 4.57 Å². The average Bonchev–Trinajstić information content (AvgIpc) is 2.99. The van der Waals surface area contributed by atoms with Crippen molar-refractivity contribution in [3.05, 3.63) is 41.6 Å². The van der Waals surface area contributed by atoms with E-state index in [0.29, 0.717) is 33.8 Å². The van der Waals surface area contributed by atoms with E-state index >= 15 is 0 Å². The van der Waals surface area contributed by atoms with Gasteiger partial charge in [0.25, 0.3) is 0 Å². The van der Waals surface area contributed by atoms with Crippen molar-refractivity contribution in [2.24, 2.45) is 0 Å². The summed E-state index contributed by atoms with van der Waals surface area (Å²) in [4.78, 5) is 7.98. The Balaban J connectivity index is 2.20. The highest BCUT2D eigenvalue weighted by atomic mass is 35.5. The molecule has 0 amide bonds. The Morgan fingerprint density at radius 1 is 1.17 bits per heavy atom. The van der Waals surface area contributed by atoms with Crippen LogP contribution in [0.25, 0.3) is 17.1 Å². The maximum atomic E-state index is 9.40. The Hall–Kier alpha value is -2.71. The number of halogens is 1. The molecule has 24 heavy (non-hydrogen) atoms. The number of nitrogens with zero attached hydrogens (tertiary/aromatic N) is 5. The molecule has 0 bridgehead atoms. The number of aromatic nitrogens is 5. The molecule has 3 aromatic rings. The van der Waals surface area contributed by atoms with Gasteiger partial charge in [-0.15, -0.1) is 10.2 Å². The van der Waals surface area contributed by atoms with Crippen LogP contribution in [0.2, 0.25) is 5.15 Å². The molecule has 9 heteroatoms.